The molecule has 0 aliphatic rings. The van der Waals surface area contributed by atoms with Crippen molar-refractivity contribution in [3.8, 4) is 0 Å². The minimum atomic E-state index is -3.64. The van der Waals surface area contributed by atoms with Crippen molar-refractivity contribution in [2.75, 3.05) is 5.73 Å². The van der Waals surface area contributed by atoms with Gasteiger partial charge in [-0.25, -0.2) is 0 Å². The lowest BCUT2D eigenvalue weighted by Gasteiger charge is -2.05. The predicted molar refractivity (Wildman–Crippen MR) is 79.8 cm³/mol. The van der Waals surface area contributed by atoms with Crippen LogP contribution in [0.15, 0.2) is 64.6 Å². The number of hydrazone groups is 1. The van der Waals surface area contributed by atoms with Crippen molar-refractivity contribution < 1.29 is 8.42 Å². The van der Waals surface area contributed by atoms with Crippen molar-refractivity contribution in [1.29, 1.82) is 0 Å². The molecule has 0 saturated carbocycles. The van der Waals surface area contributed by atoms with Gasteiger partial charge in [0.1, 0.15) is 0 Å². The van der Waals surface area contributed by atoms with Crippen LogP contribution in [0.5, 0.6) is 0 Å². The summed E-state index contributed by atoms with van der Waals surface area (Å²) in [4.78, 5) is 2.38. The zero-order valence-corrected chi connectivity index (χ0v) is 11.8. The van der Waals surface area contributed by atoms with Crippen molar-refractivity contribution in [2.45, 2.75) is 11.8 Å². The molecule has 0 saturated heterocycles. The number of nitrogen functional groups attached to an aromatic ring is 1. The Morgan fingerprint density at radius 2 is 1.80 bits per heavy atom. The summed E-state index contributed by atoms with van der Waals surface area (Å²) in [7, 11) is -3.64. The van der Waals surface area contributed by atoms with Gasteiger partial charge in [0.05, 0.1) is 10.6 Å². The molecule has 2 aromatic carbocycles. The summed E-state index contributed by atoms with van der Waals surface area (Å²) in [6.45, 7) is 1.71. The molecule has 0 spiro atoms. The van der Waals surface area contributed by atoms with E-state index in [0.717, 1.165) is 5.56 Å². The molecular weight excluding hydrogens is 274 g/mol. The molecule has 2 aromatic rings. The molecule has 3 N–H and O–H groups in total. The van der Waals surface area contributed by atoms with E-state index in [4.69, 9.17) is 5.73 Å². The maximum absolute atomic E-state index is 12.0. The van der Waals surface area contributed by atoms with Crippen molar-refractivity contribution in [1.82, 2.24) is 4.83 Å². The highest BCUT2D eigenvalue weighted by Crippen LogP contribution is 2.09. The van der Waals surface area contributed by atoms with E-state index in [-0.39, 0.29) is 4.90 Å². The van der Waals surface area contributed by atoms with Crippen LogP contribution >= 0.6 is 0 Å². The summed E-state index contributed by atoms with van der Waals surface area (Å²) in [5.74, 6) is 0. The van der Waals surface area contributed by atoms with Crippen molar-refractivity contribution >= 4 is 21.4 Å². The van der Waals surface area contributed by atoms with Gasteiger partial charge in [-0.15, -0.1) is 0 Å². The van der Waals surface area contributed by atoms with Crippen LogP contribution in [0.25, 0.3) is 0 Å². The molecule has 0 atom stereocenters. The molecular formula is C14H15N3O2S. The first-order valence-electron chi connectivity index (χ1n) is 5.96. The molecule has 0 fully saturated rings. The Balaban J connectivity index is 2.21. The Hall–Kier alpha value is -2.34. The first-order chi connectivity index (χ1) is 9.49. The monoisotopic (exact) mass is 289 g/mol. The van der Waals surface area contributed by atoms with E-state index in [1.165, 1.54) is 12.1 Å². The SMILES string of the molecule is C/C(=N\NS(=O)(=O)c1ccccc1)c1cccc(N)c1. The highest BCUT2D eigenvalue weighted by molar-refractivity contribution is 7.89. The summed E-state index contributed by atoms with van der Waals surface area (Å²) < 4.78 is 24.0. The van der Waals surface area contributed by atoms with E-state index in [1.54, 1.807) is 43.3 Å². The fourth-order valence-electron chi connectivity index (χ4n) is 1.61. The molecule has 0 unspecified atom stereocenters. The summed E-state index contributed by atoms with van der Waals surface area (Å²) in [5.41, 5.74) is 7.58. The maximum Gasteiger partial charge on any atom is 0.276 e. The number of rotatable bonds is 4. The lowest BCUT2D eigenvalue weighted by Crippen LogP contribution is -2.19. The number of anilines is 1. The number of nitrogens with zero attached hydrogens (tertiary/aromatic N) is 1. The zero-order chi connectivity index (χ0) is 14.6. The van der Waals surface area contributed by atoms with E-state index >= 15 is 0 Å². The number of benzene rings is 2. The van der Waals surface area contributed by atoms with E-state index in [1.807, 2.05) is 6.07 Å². The van der Waals surface area contributed by atoms with Gasteiger partial charge in [-0.1, -0.05) is 30.3 Å². The van der Waals surface area contributed by atoms with Crippen LogP contribution in [-0.4, -0.2) is 14.1 Å². The van der Waals surface area contributed by atoms with E-state index in [9.17, 15) is 8.42 Å². The van der Waals surface area contributed by atoms with Crippen LogP contribution in [0.1, 0.15) is 12.5 Å². The van der Waals surface area contributed by atoms with Gasteiger partial charge >= 0.3 is 0 Å². The van der Waals surface area contributed by atoms with Gasteiger partial charge in [-0.05, 0) is 36.8 Å². The number of sulfonamides is 1. The highest BCUT2D eigenvalue weighted by atomic mass is 32.2. The fourth-order valence-corrected chi connectivity index (χ4v) is 2.49. The summed E-state index contributed by atoms with van der Waals surface area (Å²) >= 11 is 0. The van der Waals surface area contributed by atoms with Gasteiger partial charge in [0.2, 0.25) is 0 Å². The van der Waals surface area contributed by atoms with Crippen LogP contribution in [0, 0.1) is 0 Å². The van der Waals surface area contributed by atoms with Gasteiger partial charge < -0.3 is 5.73 Å². The van der Waals surface area contributed by atoms with Crippen molar-refractivity contribution in [2.24, 2.45) is 5.10 Å². The third-order valence-corrected chi connectivity index (χ3v) is 3.92. The smallest absolute Gasteiger partial charge is 0.276 e. The molecule has 0 heterocycles. The maximum atomic E-state index is 12.0. The highest BCUT2D eigenvalue weighted by Gasteiger charge is 2.11. The topological polar surface area (TPSA) is 84.5 Å². The molecule has 6 heteroatoms. The Morgan fingerprint density at radius 1 is 1.10 bits per heavy atom. The van der Waals surface area contributed by atoms with Crippen LogP contribution in [0.3, 0.4) is 0 Å². The van der Waals surface area contributed by atoms with Gasteiger partial charge in [0.15, 0.2) is 0 Å². The Labute approximate surface area is 118 Å². The average Bonchev–Trinajstić information content (AvgIpc) is 2.46. The van der Waals surface area contributed by atoms with E-state index in [0.29, 0.717) is 11.4 Å². The molecule has 2 rings (SSSR count). The third kappa shape index (κ3) is 3.36. The lowest BCUT2D eigenvalue weighted by molar-refractivity contribution is 0.584. The second kappa shape index (κ2) is 5.75. The van der Waals surface area contributed by atoms with Gasteiger partial charge in [0.25, 0.3) is 10.0 Å². The molecule has 0 aliphatic heterocycles. The first-order valence-corrected chi connectivity index (χ1v) is 7.44. The average molecular weight is 289 g/mol. The quantitative estimate of drug-likeness (QED) is 0.512. The zero-order valence-electron chi connectivity index (χ0n) is 10.9. The molecule has 104 valence electrons. The third-order valence-electron chi connectivity index (χ3n) is 2.69. The minimum absolute atomic E-state index is 0.170. The standard InChI is InChI=1S/C14H15N3O2S/c1-11(12-6-5-7-13(15)10-12)16-17-20(18,19)14-8-3-2-4-9-14/h2-10,17H,15H2,1H3/b16-11+. The number of hydrogen-bond acceptors (Lipinski definition) is 4. The van der Waals surface area contributed by atoms with E-state index in [2.05, 4.69) is 9.93 Å². The Morgan fingerprint density at radius 3 is 2.45 bits per heavy atom. The minimum Gasteiger partial charge on any atom is -0.399 e. The molecule has 0 bridgehead atoms. The summed E-state index contributed by atoms with van der Waals surface area (Å²) in [5, 5.41) is 3.91. The van der Waals surface area contributed by atoms with Gasteiger partial charge in [-0.2, -0.15) is 18.4 Å². The van der Waals surface area contributed by atoms with Crippen LogP contribution in [0.2, 0.25) is 0 Å². The molecule has 20 heavy (non-hydrogen) atoms. The molecule has 0 aromatic heterocycles. The van der Waals surface area contributed by atoms with Crippen LogP contribution < -0.4 is 10.6 Å². The van der Waals surface area contributed by atoms with Crippen molar-refractivity contribution in [3.63, 3.8) is 0 Å². The van der Waals surface area contributed by atoms with Crippen LogP contribution in [0.4, 0.5) is 5.69 Å². The van der Waals surface area contributed by atoms with Gasteiger partial charge in [0, 0.05) is 5.69 Å². The summed E-state index contributed by atoms with van der Waals surface area (Å²) in [6, 6.07) is 15.2. The normalized spacial score (nSPS) is 12.2. The molecule has 5 nitrogen and oxygen atoms in total. The number of hydrogen-bond donors (Lipinski definition) is 2. The number of nitrogens with one attached hydrogen (secondary N) is 1. The largest absolute Gasteiger partial charge is 0.399 e. The van der Waals surface area contributed by atoms with Crippen molar-refractivity contribution in [3.05, 3.63) is 60.2 Å². The first kappa shape index (κ1) is 14.1. The van der Waals surface area contributed by atoms with Crippen LogP contribution in [-0.2, 0) is 10.0 Å². The Bertz CT molecular complexity index is 725. The summed E-state index contributed by atoms with van der Waals surface area (Å²) in [6.07, 6.45) is 0. The molecule has 0 aliphatic carbocycles. The molecule has 0 amide bonds. The molecule has 0 radical (unpaired) electrons. The lowest BCUT2D eigenvalue weighted by atomic mass is 10.1. The number of nitrogens with two attached hydrogens (primary N) is 1. The predicted octanol–water partition coefficient (Wildman–Crippen LogP) is 1.97. The Kier molecular flexibility index (Phi) is 4.05. The fraction of sp³-hybridized carbons (Fsp3) is 0.0714. The second-order valence-corrected chi connectivity index (χ2v) is 5.89. The second-order valence-electron chi connectivity index (χ2n) is 4.23. The van der Waals surface area contributed by atoms with E-state index < -0.39 is 10.0 Å². The van der Waals surface area contributed by atoms with Gasteiger partial charge in [-0.3, -0.25) is 0 Å².